The number of Topliss-reactive ketones (excluding diaryl/α,β-unsaturated/α-hetero) is 1. The maximum atomic E-state index is 13.7. The second-order valence-corrected chi connectivity index (χ2v) is 9.20. The van der Waals surface area contributed by atoms with Gasteiger partial charge in [0.2, 0.25) is 0 Å². The Morgan fingerprint density at radius 2 is 1.47 bits per heavy atom. The van der Waals surface area contributed by atoms with Gasteiger partial charge in [-0.25, -0.2) is 0 Å². The van der Waals surface area contributed by atoms with Crippen molar-refractivity contribution in [1.82, 2.24) is 4.57 Å². The summed E-state index contributed by atoms with van der Waals surface area (Å²) in [4.78, 5) is 26.6. The highest BCUT2D eigenvalue weighted by Crippen LogP contribution is 2.55. The van der Waals surface area contributed by atoms with Gasteiger partial charge in [-0.1, -0.05) is 66.7 Å². The highest BCUT2D eigenvalue weighted by atomic mass is 16.3. The molecular weight excluding hydrogens is 398 g/mol. The van der Waals surface area contributed by atoms with Crippen molar-refractivity contribution in [2.24, 2.45) is 5.41 Å². The predicted octanol–water partition coefficient (Wildman–Crippen LogP) is 4.91. The van der Waals surface area contributed by atoms with Gasteiger partial charge in [0, 0.05) is 35.9 Å². The molecule has 2 heterocycles. The van der Waals surface area contributed by atoms with E-state index in [9.17, 15) is 14.7 Å². The van der Waals surface area contributed by atoms with Crippen LogP contribution in [0, 0.1) is 5.41 Å². The van der Waals surface area contributed by atoms with Gasteiger partial charge in [-0.05, 0) is 41.1 Å². The predicted molar refractivity (Wildman–Crippen MR) is 125 cm³/mol. The van der Waals surface area contributed by atoms with Gasteiger partial charge in [0.05, 0.1) is 5.41 Å². The fraction of sp³-hybridized carbons (Fsp3) is 0.214. The van der Waals surface area contributed by atoms with Crippen LogP contribution in [-0.4, -0.2) is 15.5 Å². The first-order valence-corrected chi connectivity index (χ1v) is 11.0. The van der Waals surface area contributed by atoms with Gasteiger partial charge in [0.25, 0.3) is 5.56 Å². The Hall–Kier alpha value is -3.50. The molecule has 1 saturated carbocycles. The molecule has 0 amide bonds. The summed E-state index contributed by atoms with van der Waals surface area (Å²) in [6.45, 7) is 1.81. The minimum Gasteiger partial charge on any atom is -0.369 e. The van der Waals surface area contributed by atoms with Crippen LogP contribution < -0.4 is 5.56 Å². The Labute approximate surface area is 185 Å². The van der Waals surface area contributed by atoms with Gasteiger partial charge in [0.1, 0.15) is 5.78 Å². The van der Waals surface area contributed by atoms with Crippen LogP contribution in [0.25, 0.3) is 33.0 Å². The molecule has 1 aromatic heterocycles. The van der Waals surface area contributed by atoms with Crippen molar-refractivity contribution >= 4 is 16.6 Å². The smallest absolute Gasteiger partial charge is 0.261 e. The van der Waals surface area contributed by atoms with Gasteiger partial charge < -0.3 is 5.11 Å². The molecule has 0 spiro atoms. The maximum absolute atomic E-state index is 13.7. The van der Waals surface area contributed by atoms with Crippen LogP contribution in [0.5, 0.6) is 0 Å². The number of carbonyl (C=O) groups excluding carboxylic acids is 1. The molecule has 4 nitrogen and oxygen atoms in total. The van der Waals surface area contributed by atoms with Crippen LogP contribution in [-0.2, 0) is 16.9 Å². The summed E-state index contributed by atoms with van der Waals surface area (Å²) >= 11 is 0. The Morgan fingerprint density at radius 1 is 0.812 bits per heavy atom. The molecule has 32 heavy (non-hydrogen) atoms. The number of fused-ring (bicyclic) bond motifs is 4. The number of aromatic nitrogens is 1. The number of carbonyl (C=O) groups is 1. The summed E-state index contributed by atoms with van der Waals surface area (Å²) in [6.07, 6.45) is 0.926. The highest BCUT2D eigenvalue weighted by molar-refractivity contribution is 6.01. The van der Waals surface area contributed by atoms with E-state index in [2.05, 4.69) is 18.2 Å². The van der Waals surface area contributed by atoms with E-state index in [-0.39, 0.29) is 17.8 Å². The van der Waals surface area contributed by atoms with Crippen LogP contribution in [0.15, 0.2) is 83.7 Å². The van der Waals surface area contributed by atoms with Crippen molar-refractivity contribution < 1.29 is 9.90 Å². The third-order valence-electron chi connectivity index (χ3n) is 7.54. The second-order valence-electron chi connectivity index (χ2n) is 9.20. The Balaban J connectivity index is 1.74. The minimum atomic E-state index is -1.48. The standard InChI is InChI=1S/C28H23NO3/c1-27-17-23-25(19-10-6-3-7-11-19)22-16-20(18-8-4-2-5-9-18)12-13-21(22)26(31)29(23)28(27,32)15-14-24(27)30/h2-13,16,32H,14-15,17H2,1H3/t27-,28-/m0/s1. The first-order chi connectivity index (χ1) is 15.4. The van der Waals surface area contributed by atoms with Crippen LogP contribution in [0.1, 0.15) is 25.5 Å². The topological polar surface area (TPSA) is 59.3 Å². The van der Waals surface area contributed by atoms with E-state index in [0.29, 0.717) is 18.2 Å². The third-order valence-corrected chi connectivity index (χ3v) is 7.54. The number of hydrogen-bond acceptors (Lipinski definition) is 3. The van der Waals surface area contributed by atoms with E-state index >= 15 is 0 Å². The quantitative estimate of drug-likeness (QED) is 0.501. The van der Waals surface area contributed by atoms with Crippen molar-refractivity contribution in [2.45, 2.75) is 31.9 Å². The number of nitrogens with zero attached hydrogens (tertiary/aromatic N) is 1. The summed E-state index contributed by atoms with van der Waals surface area (Å²) < 4.78 is 1.53. The van der Waals surface area contributed by atoms with Gasteiger partial charge in [-0.15, -0.1) is 0 Å². The molecule has 0 bridgehead atoms. The number of ketones is 1. The number of hydrogen-bond donors (Lipinski definition) is 1. The molecule has 4 heteroatoms. The molecule has 0 saturated heterocycles. The number of benzene rings is 3. The highest BCUT2D eigenvalue weighted by Gasteiger charge is 2.63. The SMILES string of the molecule is C[C@@]12Cc3c(-c4ccccc4)c4cc(-c5ccccc5)ccc4c(=O)n3[C@]1(O)CCC2=O. The van der Waals surface area contributed by atoms with E-state index in [1.165, 1.54) is 4.57 Å². The largest absolute Gasteiger partial charge is 0.369 e. The normalized spacial score (nSPS) is 24.0. The third kappa shape index (κ3) is 2.36. The summed E-state index contributed by atoms with van der Waals surface area (Å²) in [7, 11) is 0. The molecule has 1 aliphatic heterocycles. The molecule has 158 valence electrons. The molecule has 1 N–H and O–H groups in total. The fourth-order valence-electron chi connectivity index (χ4n) is 5.74. The molecule has 1 aliphatic carbocycles. The zero-order valence-corrected chi connectivity index (χ0v) is 17.8. The van der Waals surface area contributed by atoms with Crippen molar-refractivity contribution in [3.8, 4) is 22.3 Å². The average molecular weight is 421 g/mol. The van der Waals surface area contributed by atoms with E-state index in [0.717, 1.165) is 33.3 Å². The molecule has 6 rings (SSSR count). The van der Waals surface area contributed by atoms with Crippen LogP contribution in [0.2, 0.25) is 0 Å². The lowest BCUT2D eigenvalue weighted by atomic mass is 9.79. The monoisotopic (exact) mass is 421 g/mol. The van der Waals surface area contributed by atoms with E-state index in [4.69, 9.17) is 0 Å². The molecule has 2 aliphatic rings. The van der Waals surface area contributed by atoms with Crippen LogP contribution in [0.3, 0.4) is 0 Å². The number of aliphatic hydroxyl groups is 1. The van der Waals surface area contributed by atoms with Gasteiger partial charge in [-0.2, -0.15) is 0 Å². The van der Waals surface area contributed by atoms with E-state index < -0.39 is 11.1 Å². The maximum Gasteiger partial charge on any atom is 0.261 e. The lowest BCUT2D eigenvalue weighted by Gasteiger charge is -2.32. The molecule has 2 atom stereocenters. The summed E-state index contributed by atoms with van der Waals surface area (Å²) in [6, 6.07) is 25.9. The van der Waals surface area contributed by atoms with Crippen molar-refractivity contribution in [3.05, 3.63) is 94.9 Å². The lowest BCUT2D eigenvalue weighted by Crippen LogP contribution is -2.47. The zero-order valence-electron chi connectivity index (χ0n) is 17.8. The van der Waals surface area contributed by atoms with Gasteiger partial charge >= 0.3 is 0 Å². The van der Waals surface area contributed by atoms with Crippen LogP contribution >= 0.6 is 0 Å². The molecule has 0 unspecified atom stereocenters. The Kier molecular flexibility index (Phi) is 3.90. The number of pyridine rings is 1. The Bertz CT molecular complexity index is 1460. The first kappa shape index (κ1) is 19.2. The van der Waals surface area contributed by atoms with E-state index in [1.807, 2.05) is 67.6 Å². The van der Waals surface area contributed by atoms with E-state index in [1.54, 1.807) is 0 Å². The number of rotatable bonds is 2. The second kappa shape index (κ2) is 6.50. The minimum absolute atomic E-state index is 0.0242. The molecule has 3 aromatic carbocycles. The average Bonchev–Trinajstić information content (AvgIpc) is 3.19. The van der Waals surface area contributed by atoms with Crippen molar-refractivity contribution in [2.75, 3.05) is 0 Å². The van der Waals surface area contributed by atoms with Crippen molar-refractivity contribution in [3.63, 3.8) is 0 Å². The van der Waals surface area contributed by atoms with Gasteiger partial charge in [-0.3, -0.25) is 14.2 Å². The van der Waals surface area contributed by atoms with Crippen LogP contribution in [0.4, 0.5) is 0 Å². The Morgan fingerprint density at radius 3 is 2.16 bits per heavy atom. The van der Waals surface area contributed by atoms with Gasteiger partial charge in [0.15, 0.2) is 5.72 Å². The molecule has 4 aromatic rings. The first-order valence-electron chi connectivity index (χ1n) is 11.0. The molecular formula is C28H23NO3. The zero-order chi connectivity index (χ0) is 22.1. The summed E-state index contributed by atoms with van der Waals surface area (Å²) in [5.74, 6) is 0.0242. The van der Waals surface area contributed by atoms with Crippen molar-refractivity contribution in [1.29, 1.82) is 0 Å². The summed E-state index contributed by atoms with van der Waals surface area (Å²) in [5.41, 5.74) is 2.06. The fourth-order valence-corrected chi connectivity index (χ4v) is 5.74. The molecule has 1 fully saturated rings. The molecule has 0 radical (unpaired) electrons. The lowest BCUT2D eigenvalue weighted by molar-refractivity contribution is -0.142. The summed E-state index contributed by atoms with van der Waals surface area (Å²) in [5, 5.41) is 13.1.